The van der Waals surface area contributed by atoms with Crippen molar-refractivity contribution in [3.8, 4) is 0 Å². The highest BCUT2D eigenvalue weighted by atomic mass is 16.4. The fourth-order valence-corrected chi connectivity index (χ4v) is 6.73. The van der Waals surface area contributed by atoms with Crippen LogP contribution < -0.4 is 5.32 Å². The maximum Gasteiger partial charge on any atom is 0.309 e. The van der Waals surface area contributed by atoms with Crippen molar-refractivity contribution in [1.29, 1.82) is 0 Å². The zero-order valence-corrected chi connectivity index (χ0v) is 15.4. The number of amides is 1. The molecule has 2 N–H and O–H groups in total. The Morgan fingerprint density at radius 2 is 1.83 bits per heavy atom. The van der Waals surface area contributed by atoms with E-state index in [-0.39, 0.29) is 11.3 Å². The molecule has 4 heteroatoms. The van der Waals surface area contributed by atoms with Crippen molar-refractivity contribution in [3.05, 3.63) is 0 Å². The number of hydrogen-bond donors (Lipinski definition) is 2. The third-order valence-electron chi connectivity index (χ3n) is 7.87. The first-order valence-electron chi connectivity index (χ1n) is 10.0. The van der Waals surface area contributed by atoms with Crippen LogP contribution in [0.15, 0.2) is 0 Å². The number of carbonyl (C=O) groups is 2. The van der Waals surface area contributed by atoms with Crippen LogP contribution in [0, 0.1) is 28.6 Å². The molecular weight excluding hydrogens is 302 g/mol. The van der Waals surface area contributed by atoms with Crippen LogP contribution >= 0.6 is 0 Å². The minimum absolute atomic E-state index is 0.185. The molecule has 1 aliphatic heterocycles. The lowest BCUT2D eigenvalue weighted by molar-refractivity contribution is -0.164. The van der Waals surface area contributed by atoms with E-state index in [1.54, 1.807) is 0 Å². The molecule has 6 atom stereocenters. The third kappa shape index (κ3) is 2.40. The summed E-state index contributed by atoms with van der Waals surface area (Å²) in [5.41, 5.74) is -0.244. The zero-order valence-electron chi connectivity index (χ0n) is 15.4. The maximum absolute atomic E-state index is 12.0. The van der Waals surface area contributed by atoms with Crippen LogP contribution in [0.25, 0.3) is 0 Å². The van der Waals surface area contributed by atoms with Gasteiger partial charge in [0.25, 0.3) is 0 Å². The average molecular weight is 335 g/mol. The van der Waals surface area contributed by atoms with E-state index in [9.17, 15) is 14.7 Å². The molecule has 3 saturated carbocycles. The normalized spacial score (nSPS) is 46.5. The summed E-state index contributed by atoms with van der Waals surface area (Å²) in [4.78, 5) is 23.7. The van der Waals surface area contributed by atoms with Crippen LogP contribution in [0.3, 0.4) is 0 Å². The summed E-state index contributed by atoms with van der Waals surface area (Å²) in [6.07, 6.45) is 8.72. The highest BCUT2D eigenvalue weighted by Gasteiger charge is 2.61. The lowest BCUT2D eigenvalue weighted by atomic mass is 9.47. The average Bonchev–Trinajstić information content (AvgIpc) is 3.03. The van der Waals surface area contributed by atoms with Crippen molar-refractivity contribution in [2.75, 3.05) is 0 Å². The molecule has 3 aliphatic carbocycles. The molecule has 4 aliphatic rings. The van der Waals surface area contributed by atoms with Gasteiger partial charge in [-0.1, -0.05) is 27.2 Å². The van der Waals surface area contributed by atoms with E-state index in [2.05, 4.69) is 12.2 Å². The van der Waals surface area contributed by atoms with Gasteiger partial charge in [0.1, 0.15) is 0 Å². The van der Waals surface area contributed by atoms with Crippen molar-refractivity contribution < 1.29 is 14.7 Å². The third-order valence-corrected chi connectivity index (χ3v) is 7.87. The smallest absolute Gasteiger partial charge is 0.309 e. The standard InChI is InChI=1S/C18H27NO3.C2H6/c1-17-9-7-15(20)19-14(17)5-4-11-12(17)6-10-18(16(21)22)8-2-3-13(11)18;1-2/h11-14H,2-10H2,1H3,(H,19,20)(H,21,22);1-2H3. The van der Waals surface area contributed by atoms with Gasteiger partial charge in [0, 0.05) is 12.5 Å². The fourth-order valence-electron chi connectivity index (χ4n) is 6.73. The molecule has 1 amide bonds. The second-order valence-electron chi connectivity index (χ2n) is 8.47. The summed E-state index contributed by atoms with van der Waals surface area (Å²) in [5, 5.41) is 13.1. The van der Waals surface area contributed by atoms with Gasteiger partial charge >= 0.3 is 5.97 Å². The van der Waals surface area contributed by atoms with E-state index in [0.717, 1.165) is 51.4 Å². The van der Waals surface area contributed by atoms with Gasteiger partial charge < -0.3 is 10.4 Å². The number of hydrogen-bond acceptors (Lipinski definition) is 2. The first kappa shape index (κ1) is 17.8. The number of carboxylic acid groups (broad SMARTS) is 1. The van der Waals surface area contributed by atoms with Gasteiger partial charge in [0.05, 0.1) is 5.41 Å². The predicted octanol–water partition coefficient (Wildman–Crippen LogP) is 3.99. The number of fused-ring (bicyclic) bond motifs is 5. The Labute approximate surface area is 145 Å². The number of carbonyl (C=O) groups excluding carboxylic acids is 1. The quantitative estimate of drug-likeness (QED) is 0.761. The summed E-state index contributed by atoms with van der Waals surface area (Å²) in [6, 6.07) is 0.314. The highest BCUT2D eigenvalue weighted by molar-refractivity contribution is 5.77. The Morgan fingerprint density at radius 3 is 2.54 bits per heavy atom. The first-order chi connectivity index (χ1) is 11.5. The van der Waals surface area contributed by atoms with E-state index < -0.39 is 11.4 Å². The summed E-state index contributed by atoms with van der Waals surface area (Å²) in [6.45, 7) is 6.36. The van der Waals surface area contributed by atoms with Crippen LogP contribution in [-0.2, 0) is 9.59 Å². The van der Waals surface area contributed by atoms with Gasteiger partial charge in [-0.15, -0.1) is 0 Å². The van der Waals surface area contributed by atoms with E-state index in [0.29, 0.717) is 30.2 Å². The molecule has 24 heavy (non-hydrogen) atoms. The summed E-state index contributed by atoms with van der Waals surface area (Å²) < 4.78 is 0. The molecule has 0 bridgehead atoms. The molecule has 136 valence electrons. The zero-order chi connectivity index (χ0) is 17.5. The summed E-state index contributed by atoms with van der Waals surface area (Å²) in [7, 11) is 0. The molecule has 4 rings (SSSR count). The molecule has 0 aromatic carbocycles. The molecule has 0 spiro atoms. The molecule has 1 saturated heterocycles. The minimum Gasteiger partial charge on any atom is -0.481 e. The number of carboxylic acids is 1. The highest BCUT2D eigenvalue weighted by Crippen LogP contribution is 2.64. The molecule has 4 nitrogen and oxygen atoms in total. The van der Waals surface area contributed by atoms with Crippen LogP contribution in [0.2, 0.25) is 0 Å². The lowest BCUT2D eigenvalue weighted by Crippen LogP contribution is -2.61. The van der Waals surface area contributed by atoms with Crippen LogP contribution in [0.1, 0.15) is 78.6 Å². The SMILES string of the molecule is CC.CC12CCC(=O)NC1CCC1C3CCCC3(C(=O)O)CCC12. The molecule has 0 aromatic heterocycles. The molecular formula is C20H33NO3. The van der Waals surface area contributed by atoms with E-state index in [1.165, 1.54) is 0 Å². The van der Waals surface area contributed by atoms with Gasteiger partial charge in [-0.25, -0.2) is 0 Å². The first-order valence-corrected chi connectivity index (χ1v) is 10.0. The van der Waals surface area contributed by atoms with Gasteiger partial charge in [-0.3, -0.25) is 9.59 Å². The molecule has 0 aromatic rings. The van der Waals surface area contributed by atoms with Crippen molar-refractivity contribution in [2.45, 2.75) is 84.6 Å². The number of aliphatic carboxylic acids is 1. The number of piperidine rings is 1. The topological polar surface area (TPSA) is 66.4 Å². The van der Waals surface area contributed by atoms with E-state index >= 15 is 0 Å². The lowest BCUT2D eigenvalue weighted by Gasteiger charge is -2.59. The Morgan fingerprint density at radius 1 is 1.08 bits per heavy atom. The van der Waals surface area contributed by atoms with E-state index in [4.69, 9.17) is 0 Å². The second-order valence-corrected chi connectivity index (χ2v) is 8.47. The number of nitrogens with one attached hydrogen (secondary N) is 1. The van der Waals surface area contributed by atoms with Crippen LogP contribution in [-0.4, -0.2) is 23.0 Å². The van der Waals surface area contributed by atoms with Gasteiger partial charge in [0.2, 0.25) is 5.91 Å². The molecule has 4 fully saturated rings. The van der Waals surface area contributed by atoms with E-state index in [1.807, 2.05) is 13.8 Å². The Bertz CT molecular complexity index is 519. The van der Waals surface area contributed by atoms with Crippen molar-refractivity contribution >= 4 is 11.9 Å². The largest absolute Gasteiger partial charge is 0.481 e. The molecule has 0 radical (unpaired) electrons. The maximum atomic E-state index is 12.0. The van der Waals surface area contributed by atoms with Crippen molar-refractivity contribution in [1.82, 2.24) is 5.32 Å². The Kier molecular flexibility index (Phi) is 4.69. The molecule has 6 unspecified atom stereocenters. The summed E-state index contributed by atoms with van der Waals surface area (Å²) in [5.74, 6) is 1.19. The Hall–Kier alpha value is -1.06. The monoisotopic (exact) mass is 335 g/mol. The van der Waals surface area contributed by atoms with Gasteiger partial charge in [-0.2, -0.15) is 0 Å². The van der Waals surface area contributed by atoms with Crippen LogP contribution in [0.4, 0.5) is 0 Å². The number of rotatable bonds is 1. The second kappa shape index (κ2) is 6.34. The molecule has 1 heterocycles. The van der Waals surface area contributed by atoms with Crippen LogP contribution in [0.5, 0.6) is 0 Å². The summed E-state index contributed by atoms with van der Waals surface area (Å²) >= 11 is 0. The minimum atomic E-state index is -0.544. The van der Waals surface area contributed by atoms with Gasteiger partial charge in [0.15, 0.2) is 0 Å². The van der Waals surface area contributed by atoms with Crippen molar-refractivity contribution in [3.63, 3.8) is 0 Å². The van der Waals surface area contributed by atoms with Gasteiger partial charge in [-0.05, 0) is 68.1 Å². The Balaban J connectivity index is 0.000000815. The predicted molar refractivity (Wildman–Crippen MR) is 93.5 cm³/mol. The fraction of sp³-hybridized carbons (Fsp3) is 0.900. The van der Waals surface area contributed by atoms with Crippen molar-refractivity contribution in [2.24, 2.45) is 28.6 Å².